The number of ketones is 1. The maximum atomic E-state index is 12.7. The first-order chi connectivity index (χ1) is 14.0. The molecule has 1 atom stereocenters. The van der Waals surface area contributed by atoms with Gasteiger partial charge in [0.1, 0.15) is 17.4 Å². The lowest BCUT2D eigenvalue weighted by Crippen LogP contribution is -2.41. The Morgan fingerprint density at radius 1 is 1.07 bits per heavy atom. The van der Waals surface area contributed by atoms with Crippen LogP contribution in [0.5, 0.6) is 5.75 Å². The Balaban J connectivity index is 1.43. The minimum atomic E-state index is -0.149. The minimum absolute atomic E-state index is 0.0304. The molecule has 1 aromatic heterocycles. The van der Waals surface area contributed by atoms with Crippen molar-refractivity contribution in [3.63, 3.8) is 0 Å². The van der Waals surface area contributed by atoms with Gasteiger partial charge in [-0.3, -0.25) is 9.59 Å². The highest BCUT2D eigenvalue weighted by Crippen LogP contribution is 2.18. The third-order valence-electron chi connectivity index (χ3n) is 5.21. The van der Waals surface area contributed by atoms with Crippen LogP contribution < -0.4 is 10.1 Å². The minimum Gasteiger partial charge on any atom is -0.497 e. The molecule has 0 saturated heterocycles. The van der Waals surface area contributed by atoms with Crippen molar-refractivity contribution in [2.24, 2.45) is 0 Å². The van der Waals surface area contributed by atoms with E-state index in [2.05, 4.69) is 15.5 Å². The van der Waals surface area contributed by atoms with Gasteiger partial charge in [0.25, 0.3) is 5.91 Å². The molecule has 1 aliphatic rings. The van der Waals surface area contributed by atoms with Crippen molar-refractivity contribution in [1.82, 2.24) is 20.1 Å². The highest BCUT2D eigenvalue weighted by molar-refractivity contribution is 6.09. The molecule has 0 spiro atoms. The molecular weight excluding hydrogens is 368 g/mol. The summed E-state index contributed by atoms with van der Waals surface area (Å²) in [7, 11) is 1.56. The third-order valence-corrected chi connectivity index (χ3v) is 5.21. The Labute approximate surface area is 168 Å². The quantitative estimate of drug-likeness (QED) is 0.677. The van der Waals surface area contributed by atoms with Gasteiger partial charge in [-0.25, -0.2) is 0 Å². The van der Waals surface area contributed by atoms with Crippen LogP contribution in [0.3, 0.4) is 0 Å². The van der Waals surface area contributed by atoms with Gasteiger partial charge >= 0.3 is 0 Å². The molecule has 1 unspecified atom stereocenters. The highest BCUT2D eigenvalue weighted by Gasteiger charge is 2.23. The highest BCUT2D eigenvalue weighted by atomic mass is 16.5. The van der Waals surface area contributed by atoms with E-state index in [0.29, 0.717) is 29.0 Å². The fourth-order valence-electron chi connectivity index (χ4n) is 3.55. The molecular formula is C22H22N4O3. The summed E-state index contributed by atoms with van der Waals surface area (Å²) in [6, 6.07) is 13.8. The maximum absolute atomic E-state index is 12.7. The summed E-state index contributed by atoms with van der Waals surface area (Å²) < 4.78 is 7.22. The topological polar surface area (TPSA) is 86.1 Å². The lowest BCUT2D eigenvalue weighted by Gasteiger charge is -2.25. The van der Waals surface area contributed by atoms with Crippen LogP contribution in [0.4, 0.5) is 0 Å². The van der Waals surface area contributed by atoms with Gasteiger partial charge in [0.05, 0.1) is 7.11 Å². The zero-order valence-electron chi connectivity index (χ0n) is 16.4. The molecule has 0 bridgehead atoms. The number of aryl methyl sites for hydroxylation is 2. The number of hydrogen-bond acceptors (Lipinski definition) is 5. The molecule has 3 aromatic rings. The second-order valence-electron chi connectivity index (χ2n) is 7.12. The van der Waals surface area contributed by atoms with E-state index in [4.69, 9.17) is 4.74 Å². The van der Waals surface area contributed by atoms with Crippen LogP contribution in [0, 0.1) is 6.92 Å². The van der Waals surface area contributed by atoms with Gasteiger partial charge in [-0.15, -0.1) is 10.2 Å². The monoisotopic (exact) mass is 390 g/mol. The molecule has 7 nitrogen and oxygen atoms in total. The second kappa shape index (κ2) is 7.87. The van der Waals surface area contributed by atoms with Gasteiger partial charge in [-0.05, 0) is 37.6 Å². The van der Waals surface area contributed by atoms with E-state index in [1.54, 1.807) is 55.6 Å². The number of nitrogens with one attached hydrogen (secondary N) is 1. The SMILES string of the molecule is COc1cccc(C(=O)c2ccc(C(=O)NC3CCc4nnc(C)n4C3)cc2)c1. The van der Waals surface area contributed by atoms with Crippen LogP contribution >= 0.6 is 0 Å². The average molecular weight is 390 g/mol. The first kappa shape index (κ1) is 18.9. The Morgan fingerprint density at radius 3 is 2.59 bits per heavy atom. The van der Waals surface area contributed by atoms with Gasteiger partial charge in [-0.2, -0.15) is 0 Å². The molecule has 7 heteroatoms. The maximum Gasteiger partial charge on any atom is 0.251 e. The molecule has 2 aromatic carbocycles. The number of carbonyl (C=O) groups is 2. The number of ether oxygens (including phenoxy) is 1. The van der Waals surface area contributed by atoms with E-state index in [0.717, 1.165) is 24.5 Å². The van der Waals surface area contributed by atoms with E-state index >= 15 is 0 Å². The Bertz CT molecular complexity index is 1060. The van der Waals surface area contributed by atoms with Crippen LogP contribution in [-0.2, 0) is 13.0 Å². The van der Waals surface area contributed by atoms with Crippen molar-refractivity contribution in [1.29, 1.82) is 0 Å². The molecule has 1 N–H and O–H groups in total. The van der Waals surface area contributed by atoms with Crippen molar-refractivity contribution in [3.8, 4) is 5.75 Å². The van der Waals surface area contributed by atoms with Crippen molar-refractivity contribution < 1.29 is 14.3 Å². The molecule has 0 radical (unpaired) electrons. The summed E-state index contributed by atoms with van der Waals surface area (Å²) in [5.41, 5.74) is 1.60. The van der Waals surface area contributed by atoms with Gasteiger partial charge in [-0.1, -0.05) is 24.3 Å². The van der Waals surface area contributed by atoms with Crippen LogP contribution in [0.1, 0.15) is 44.3 Å². The molecule has 0 fully saturated rings. The zero-order chi connectivity index (χ0) is 20.4. The predicted octanol–water partition coefficient (Wildman–Crippen LogP) is 2.57. The third kappa shape index (κ3) is 3.89. The van der Waals surface area contributed by atoms with Crippen molar-refractivity contribution in [2.45, 2.75) is 32.4 Å². The average Bonchev–Trinajstić information content (AvgIpc) is 3.13. The van der Waals surface area contributed by atoms with E-state index in [-0.39, 0.29) is 17.7 Å². The Kier molecular flexibility index (Phi) is 5.12. The predicted molar refractivity (Wildman–Crippen MR) is 107 cm³/mol. The molecule has 1 aliphatic heterocycles. The fraction of sp³-hybridized carbons (Fsp3) is 0.273. The first-order valence-corrected chi connectivity index (χ1v) is 9.53. The number of rotatable bonds is 5. The lowest BCUT2D eigenvalue weighted by atomic mass is 10.0. The number of methoxy groups -OCH3 is 1. The van der Waals surface area contributed by atoms with E-state index in [9.17, 15) is 9.59 Å². The largest absolute Gasteiger partial charge is 0.497 e. The Hall–Kier alpha value is -3.48. The Morgan fingerprint density at radius 2 is 1.83 bits per heavy atom. The number of aromatic nitrogens is 3. The molecule has 4 rings (SSSR count). The van der Waals surface area contributed by atoms with Crippen LogP contribution in [-0.4, -0.2) is 39.6 Å². The van der Waals surface area contributed by atoms with Crippen molar-refractivity contribution in [2.75, 3.05) is 7.11 Å². The number of benzene rings is 2. The zero-order valence-corrected chi connectivity index (χ0v) is 16.4. The standard InChI is InChI=1S/C22H22N4O3/c1-14-24-25-20-11-10-18(13-26(14)20)23-22(28)16-8-6-15(7-9-16)21(27)17-4-3-5-19(12-17)29-2/h3-9,12,18H,10-11,13H2,1-2H3,(H,23,28). The molecule has 1 amide bonds. The smallest absolute Gasteiger partial charge is 0.251 e. The van der Waals surface area contributed by atoms with E-state index in [1.807, 2.05) is 11.5 Å². The van der Waals surface area contributed by atoms with Gasteiger partial charge < -0.3 is 14.6 Å². The van der Waals surface area contributed by atoms with Crippen molar-refractivity contribution >= 4 is 11.7 Å². The lowest BCUT2D eigenvalue weighted by molar-refractivity contribution is 0.0926. The number of nitrogens with zero attached hydrogens (tertiary/aromatic N) is 3. The second-order valence-corrected chi connectivity index (χ2v) is 7.12. The van der Waals surface area contributed by atoms with Gasteiger partial charge in [0.2, 0.25) is 0 Å². The van der Waals surface area contributed by atoms with E-state index < -0.39 is 0 Å². The summed E-state index contributed by atoms with van der Waals surface area (Å²) in [6.07, 6.45) is 1.62. The molecule has 148 valence electrons. The normalized spacial score (nSPS) is 15.4. The summed E-state index contributed by atoms with van der Waals surface area (Å²) in [5.74, 6) is 2.20. The first-order valence-electron chi connectivity index (χ1n) is 9.53. The summed E-state index contributed by atoms with van der Waals surface area (Å²) in [5, 5.41) is 11.3. The fourth-order valence-corrected chi connectivity index (χ4v) is 3.55. The van der Waals surface area contributed by atoms with E-state index in [1.165, 1.54) is 0 Å². The van der Waals surface area contributed by atoms with Crippen molar-refractivity contribution in [3.05, 3.63) is 76.9 Å². The number of hydrogen-bond donors (Lipinski definition) is 1. The van der Waals surface area contributed by atoms with Crippen LogP contribution in [0.2, 0.25) is 0 Å². The van der Waals surface area contributed by atoms with Crippen LogP contribution in [0.15, 0.2) is 48.5 Å². The van der Waals surface area contributed by atoms with Gasteiger partial charge in [0.15, 0.2) is 5.78 Å². The molecule has 0 saturated carbocycles. The molecule has 2 heterocycles. The summed E-state index contributed by atoms with van der Waals surface area (Å²) >= 11 is 0. The number of fused-ring (bicyclic) bond motifs is 1. The number of carbonyl (C=O) groups excluding carboxylic acids is 2. The molecule has 0 aliphatic carbocycles. The van der Waals surface area contributed by atoms with Gasteiger partial charge in [0, 0.05) is 35.7 Å². The van der Waals surface area contributed by atoms with Crippen LogP contribution in [0.25, 0.3) is 0 Å². The summed E-state index contributed by atoms with van der Waals surface area (Å²) in [4.78, 5) is 25.3. The molecule has 29 heavy (non-hydrogen) atoms. The summed E-state index contributed by atoms with van der Waals surface area (Å²) in [6.45, 7) is 2.59. The number of amides is 1.